The molecular formula is C35H26F2N4O3. The summed E-state index contributed by atoms with van der Waals surface area (Å²) in [5.41, 5.74) is 10.9. The maximum atomic E-state index is 13.7. The van der Waals surface area contributed by atoms with Crippen molar-refractivity contribution in [3.8, 4) is 22.4 Å². The van der Waals surface area contributed by atoms with Gasteiger partial charge >= 0.3 is 0 Å². The summed E-state index contributed by atoms with van der Waals surface area (Å²) < 4.78 is 33.2. The minimum absolute atomic E-state index is 0.143. The maximum absolute atomic E-state index is 13.7. The van der Waals surface area contributed by atoms with Crippen LogP contribution in [0.4, 0.5) is 14.6 Å². The van der Waals surface area contributed by atoms with Gasteiger partial charge < -0.3 is 20.6 Å². The van der Waals surface area contributed by atoms with Crippen LogP contribution in [0, 0.1) is 11.6 Å². The lowest BCUT2D eigenvalue weighted by Gasteiger charge is -2.12. The van der Waals surface area contributed by atoms with Crippen LogP contribution in [0.2, 0.25) is 0 Å². The van der Waals surface area contributed by atoms with Crippen molar-refractivity contribution in [2.75, 3.05) is 5.73 Å². The van der Waals surface area contributed by atoms with Crippen LogP contribution < -0.4 is 11.1 Å². The van der Waals surface area contributed by atoms with E-state index in [2.05, 4.69) is 15.3 Å². The van der Waals surface area contributed by atoms with Gasteiger partial charge in [-0.2, -0.15) is 0 Å². The van der Waals surface area contributed by atoms with Gasteiger partial charge in [-0.05, 0) is 83.4 Å². The number of fused-ring (bicyclic) bond motifs is 1. The first-order chi connectivity index (χ1) is 21.3. The SMILES string of the molecule is Nc1ccc(C=CC(=O)NCc2cc3cc(-c4ccc(C(O)c5ccc(F)cc5)cn4)cc(-c4ccc(F)cc4)c3o2)cn1. The third-order valence-corrected chi connectivity index (χ3v) is 7.08. The molecule has 0 spiro atoms. The number of nitrogens with two attached hydrogens (primary N) is 1. The number of benzene rings is 3. The minimum atomic E-state index is -0.959. The van der Waals surface area contributed by atoms with Crippen molar-refractivity contribution >= 4 is 28.8 Å². The van der Waals surface area contributed by atoms with Crippen LogP contribution in [-0.4, -0.2) is 21.0 Å². The molecule has 0 saturated carbocycles. The fraction of sp³-hybridized carbons (Fsp3) is 0.0571. The summed E-state index contributed by atoms with van der Waals surface area (Å²) in [7, 11) is 0. The molecule has 218 valence electrons. The molecule has 1 atom stereocenters. The second-order valence-electron chi connectivity index (χ2n) is 10.2. The summed E-state index contributed by atoms with van der Waals surface area (Å²) >= 11 is 0. The molecule has 0 radical (unpaired) electrons. The topological polar surface area (TPSA) is 114 Å². The Kier molecular flexibility index (Phi) is 7.94. The van der Waals surface area contributed by atoms with E-state index in [-0.39, 0.29) is 24.1 Å². The Bertz CT molecular complexity index is 1950. The molecule has 3 heterocycles. The molecule has 6 rings (SSSR count). The van der Waals surface area contributed by atoms with E-state index in [0.717, 1.165) is 27.6 Å². The lowest BCUT2D eigenvalue weighted by atomic mass is 9.98. The molecule has 1 amide bonds. The van der Waals surface area contributed by atoms with Gasteiger partial charge in [0.25, 0.3) is 0 Å². The Labute approximate surface area is 251 Å². The van der Waals surface area contributed by atoms with E-state index in [0.29, 0.717) is 34.0 Å². The zero-order valence-electron chi connectivity index (χ0n) is 23.2. The smallest absolute Gasteiger partial charge is 0.244 e. The molecule has 9 heteroatoms. The third-order valence-electron chi connectivity index (χ3n) is 7.08. The number of aliphatic hydroxyl groups is 1. The molecule has 0 saturated heterocycles. The second-order valence-corrected chi connectivity index (χ2v) is 10.2. The van der Waals surface area contributed by atoms with E-state index in [4.69, 9.17) is 10.2 Å². The highest BCUT2D eigenvalue weighted by Crippen LogP contribution is 2.36. The number of aromatic nitrogens is 2. The maximum Gasteiger partial charge on any atom is 0.244 e. The number of amides is 1. The number of furan rings is 1. The van der Waals surface area contributed by atoms with Crippen molar-refractivity contribution in [2.24, 2.45) is 0 Å². The molecule has 7 nitrogen and oxygen atoms in total. The Morgan fingerprint density at radius 1 is 0.864 bits per heavy atom. The Balaban J connectivity index is 1.27. The summed E-state index contributed by atoms with van der Waals surface area (Å²) in [4.78, 5) is 21.0. The number of pyridine rings is 2. The lowest BCUT2D eigenvalue weighted by Crippen LogP contribution is -2.19. The van der Waals surface area contributed by atoms with Gasteiger partial charge in [0.05, 0.1) is 12.2 Å². The summed E-state index contributed by atoms with van der Waals surface area (Å²) in [6.45, 7) is 0.143. The van der Waals surface area contributed by atoms with Crippen molar-refractivity contribution in [1.82, 2.24) is 15.3 Å². The van der Waals surface area contributed by atoms with E-state index in [1.165, 1.54) is 42.5 Å². The Hall–Kier alpha value is -5.67. The van der Waals surface area contributed by atoms with Crippen LogP contribution >= 0.6 is 0 Å². The normalized spacial score (nSPS) is 12.1. The summed E-state index contributed by atoms with van der Waals surface area (Å²) in [5, 5.41) is 14.3. The van der Waals surface area contributed by atoms with Crippen molar-refractivity contribution < 1.29 is 23.1 Å². The number of nitrogens with zero attached hydrogens (tertiary/aromatic N) is 2. The van der Waals surface area contributed by atoms with E-state index in [1.54, 1.807) is 54.9 Å². The molecule has 44 heavy (non-hydrogen) atoms. The van der Waals surface area contributed by atoms with Crippen LogP contribution in [0.25, 0.3) is 39.4 Å². The van der Waals surface area contributed by atoms with Crippen LogP contribution in [0.1, 0.15) is 28.6 Å². The van der Waals surface area contributed by atoms with Gasteiger partial charge in [0.15, 0.2) is 0 Å². The standard InChI is InChI=1S/C35H26F2N4O3/c36-27-8-3-22(4-9-27)30-17-25(31-12-7-24(19-39-31)34(43)23-5-10-28(37)11-6-23)15-26-16-29(44-35(26)30)20-41-33(42)14-2-21-1-13-32(38)40-18-21/h1-19,34,43H,20H2,(H2,38,40)(H,41,42). The van der Waals surface area contributed by atoms with Gasteiger partial charge in [0, 0.05) is 40.5 Å². The van der Waals surface area contributed by atoms with Gasteiger partial charge in [-0.25, -0.2) is 13.8 Å². The lowest BCUT2D eigenvalue weighted by molar-refractivity contribution is -0.116. The number of hydrogen-bond donors (Lipinski definition) is 3. The summed E-state index contributed by atoms with van der Waals surface area (Å²) in [5.74, 6) is -0.122. The molecular weight excluding hydrogens is 562 g/mol. The monoisotopic (exact) mass is 588 g/mol. The highest BCUT2D eigenvalue weighted by atomic mass is 19.1. The van der Waals surface area contributed by atoms with E-state index in [9.17, 15) is 18.7 Å². The number of aliphatic hydroxyl groups excluding tert-OH is 1. The number of hydrogen-bond acceptors (Lipinski definition) is 6. The van der Waals surface area contributed by atoms with Gasteiger partial charge in [-0.15, -0.1) is 0 Å². The number of carbonyl (C=O) groups excluding carboxylic acids is 1. The van der Waals surface area contributed by atoms with Crippen molar-refractivity contribution in [1.29, 1.82) is 0 Å². The van der Waals surface area contributed by atoms with Gasteiger partial charge in [0.2, 0.25) is 5.91 Å². The first kappa shape index (κ1) is 28.4. The molecule has 0 aliphatic carbocycles. The zero-order chi connectivity index (χ0) is 30.6. The van der Waals surface area contributed by atoms with Crippen LogP contribution in [0.3, 0.4) is 0 Å². The molecule has 1 unspecified atom stereocenters. The van der Waals surface area contributed by atoms with E-state index in [1.807, 2.05) is 18.2 Å². The summed E-state index contributed by atoms with van der Waals surface area (Å²) in [6, 6.07) is 24.4. The van der Waals surface area contributed by atoms with Gasteiger partial charge in [-0.1, -0.05) is 30.3 Å². The van der Waals surface area contributed by atoms with Crippen molar-refractivity contribution in [3.63, 3.8) is 0 Å². The molecule has 3 aromatic carbocycles. The molecule has 6 aromatic rings. The number of carbonyl (C=O) groups is 1. The average molecular weight is 589 g/mol. The number of anilines is 1. The van der Waals surface area contributed by atoms with Crippen molar-refractivity contribution in [2.45, 2.75) is 12.6 Å². The quantitative estimate of drug-likeness (QED) is 0.168. The van der Waals surface area contributed by atoms with Crippen LogP contribution in [0.15, 0.2) is 114 Å². The predicted octanol–water partition coefficient (Wildman–Crippen LogP) is 6.83. The van der Waals surface area contributed by atoms with Crippen molar-refractivity contribution in [3.05, 3.63) is 144 Å². The Morgan fingerprint density at radius 3 is 2.27 bits per heavy atom. The van der Waals surface area contributed by atoms with Gasteiger partial charge in [-0.3, -0.25) is 9.78 Å². The molecule has 3 aromatic heterocycles. The fourth-order valence-corrected chi connectivity index (χ4v) is 4.78. The van der Waals surface area contributed by atoms with E-state index < -0.39 is 6.10 Å². The first-order valence-electron chi connectivity index (χ1n) is 13.7. The molecule has 0 fully saturated rings. The van der Waals surface area contributed by atoms with Crippen LogP contribution in [0.5, 0.6) is 0 Å². The fourth-order valence-electron chi connectivity index (χ4n) is 4.78. The number of nitrogen functional groups attached to an aromatic ring is 1. The minimum Gasteiger partial charge on any atom is -0.459 e. The first-order valence-corrected chi connectivity index (χ1v) is 13.7. The Morgan fingerprint density at radius 2 is 1.59 bits per heavy atom. The highest BCUT2D eigenvalue weighted by Gasteiger charge is 2.16. The highest BCUT2D eigenvalue weighted by molar-refractivity contribution is 5.97. The predicted molar refractivity (Wildman–Crippen MR) is 165 cm³/mol. The van der Waals surface area contributed by atoms with Crippen LogP contribution in [-0.2, 0) is 11.3 Å². The molecule has 0 bridgehead atoms. The number of rotatable bonds is 8. The largest absolute Gasteiger partial charge is 0.459 e. The zero-order valence-corrected chi connectivity index (χ0v) is 23.2. The number of halogens is 2. The number of nitrogens with one attached hydrogen (secondary N) is 1. The average Bonchev–Trinajstić information content (AvgIpc) is 3.47. The summed E-state index contributed by atoms with van der Waals surface area (Å²) in [6.07, 6.45) is 5.23. The molecule has 0 aliphatic rings. The second kappa shape index (κ2) is 12.3. The molecule has 4 N–H and O–H groups in total. The van der Waals surface area contributed by atoms with E-state index >= 15 is 0 Å². The molecule has 0 aliphatic heterocycles. The third kappa shape index (κ3) is 6.38. The van der Waals surface area contributed by atoms with Gasteiger partial charge in [0.1, 0.15) is 34.9 Å².